The van der Waals surface area contributed by atoms with E-state index >= 15 is 0 Å². The quantitative estimate of drug-likeness (QED) is 0.660. The van der Waals surface area contributed by atoms with Crippen LogP contribution < -0.4 is 5.32 Å². The molecule has 0 aromatic heterocycles. The van der Waals surface area contributed by atoms with Crippen molar-refractivity contribution in [1.82, 2.24) is 10.2 Å². The van der Waals surface area contributed by atoms with Crippen molar-refractivity contribution in [3.63, 3.8) is 0 Å². The molecule has 1 heterocycles. The zero-order valence-electron chi connectivity index (χ0n) is 19.5. The van der Waals surface area contributed by atoms with E-state index in [1.54, 1.807) is 0 Å². The van der Waals surface area contributed by atoms with Crippen molar-refractivity contribution < 1.29 is 29.0 Å². The summed E-state index contributed by atoms with van der Waals surface area (Å²) >= 11 is 0. The Morgan fingerprint density at radius 2 is 1.71 bits per heavy atom. The highest BCUT2D eigenvalue weighted by Gasteiger charge is 2.41. The van der Waals surface area contributed by atoms with Crippen molar-refractivity contribution in [3.05, 3.63) is 59.7 Å². The predicted octanol–water partition coefficient (Wildman–Crippen LogP) is 3.25. The van der Waals surface area contributed by atoms with E-state index in [1.165, 1.54) is 16.0 Å². The maximum Gasteiger partial charge on any atom is 0.407 e. The normalized spacial score (nSPS) is 23.4. The second kappa shape index (κ2) is 10.1. The molecule has 0 bridgehead atoms. The number of carboxylic acids is 1. The van der Waals surface area contributed by atoms with Crippen LogP contribution in [0.25, 0.3) is 11.1 Å². The van der Waals surface area contributed by atoms with Gasteiger partial charge in [-0.3, -0.25) is 4.79 Å². The summed E-state index contributed by atoms with van der Waals surface area (Å²) in [6.45, 7) is 1.19. The van der Waals surface area contributed by atoms with E-state index in [0.717, 1.165) is 24.0 Å². The fourth-order valence-electron chi connectivity index (χ4n) is 5.76. The van der Waals surface area contributed by atoms with Crippen LogP contribution in [0.4, 0.5) is 4.79 Å². The number of alkyl carbamates (subject to hydrolysis) is 1. The molecule has 2 aliphatic carbocycles. The average Bonchev–Trinajstić information content (AvgIpc) is 3.48. The van der Waals surface area contributed by atoms with Crippen LogP contribution in [-0.2, 0) is 19.1 Å². The number of morpholine rings is 1. The first-order valence-electron chi connectivity index (χ1n) is 12.2. The van der Waals surface area contributed by atoms with Crippen LogP contribution in [-0.4, -0.2) is 66.9 Å². The summed E-state index contributed by atoms with van der Waals surface area (Å²) in [6.07, 6.45) is 1.87. The van der Waals surface area contributed by atoms with Gasteiger partial charge in [-0.15, -0.1) is 0 Å². The first-order chi connectivity index (χ1) is 17.0. The first kappa shape index (κ1) is 23.4. The molecule has 184 valence electrons. The molecule has 8 heteroatoms. The lowest BCUT2D eigenvalue weighted by Crippen LogP contribution is -2.55. The van der Waals surface area contributed by atoms with E-state index < -0.39 is 18.1 Å². The number of nitrogens with one attached hydrogen (secondary N) is 1. The van der Waals surface area contributed by atoms with Crippen molar-refractivity contribution in [2.75, 3.05) is 32.9 Å². The van der Waals surface area contributed by atoms with Gasteiger partial charge in [-0.2, -0.15) is 0 Å². The molecular weight excluding hydrogens is 448 g/mol. The molecule has 8 nitrogen and oxygen atoms in total. The zero-order chi connectivity index (χ0) is 24.4. The minimum atomic E-state index is -1.05. The molecular formula is C27H30N2O6. The maximum atomic E-state index is 13.2. The van der Waals surface area contributed by atoms with Crippen molar-refractivity contribution in [3.8, 4) is 11.1 Å². The zero-order valence-corrected chi connectivity index (χ0v) is 19.5. The number of carbonyl (C=O) groups excluding carboxylic acids is 2. The van der Waals surface area contributed by atoms with Crippen LogP contribution in [0.5, 0.6) is 0 Å². The summed E-state index contributed by atoms with van der Waals surface area (Å²) in [5.41, 5.74) is 4.65. The number of rotatable bonds is 6. The van der Waals surface area contributed by atoms with Crippen LogP contribution in [0.2, 0.25) is 0 Å². The van der Waals surface area contributed by atoms with Crippen LogP contribution >= 0.6 is 0 Å². The fourth-order valence-corrected chi connectivity index (χ4v) is 5.76. The molecule has 2 amide bonds. The van der Waals surface area contributed by atoms with E-state index in [-0.39, 0.29) is 43.4 Å². The monoisotopic (exact) mass is 478 g/mol. The van der Waals surface area contributed by atoms with Gasteiger partial charge in [0.25, 0.3) is 0 Å². The molecule has 3 aliphatic rings. The van der Waals surface area contributed by atoms with E-state index in [1.807, 2.05) is 24.3 Å². The molecule has 3 atom stereocenters. The summed E-state index contributed by atoms with van der Waals surface area (Å²) in [7, 11) is 0. The van der Waals surface area contributed by atoms with Crippen molar-refractivity contribution >= 4 is 18.0 Å². The van der Waals surface area contributed by atoms with Crippen molar-refractivity contribution in [2.45, 2.75) is 31.2 Å². The lowest BCUT2D eigenvalue weighted by atomic mass is 9.93. The molecule has 1 saturated heterocycles. The Balaban J connectivity index is 1.17. The summed E-state index contributed by atoms with van der Waals surface area (Å²) in [6, 6.07) is 15.4. The second-order valence-corrected chi connectivity index (χ2v) is 9.46. The molecule has 2 aromatic rings. The number of fused-ring (bicyclic) bond motifs is 3. The number of carbonyl (C=O) groups is 3. The number of nitrogens with zero attached hydrogens (tertiary/aromatic N) is 1. The molecule has 2 aromatic carbocycles. The smallest absolute Gasteiger partial charge is 0.407 e. The number of hydrogen-bond acceptors (Lipinski definition) is 5. The van der Waals surface area contributed by atoms with Gasteiger partial charge in [0.15, 0.2) is 6.04 Å². The third-order valence-electron chi connectivity index (χ3n) is 7.53. The van der Waals surface area contributed by atoms with Gasteiger partial charge in [0.05, 0.1) is 13.2 Å². The Morgan fingerprint density at radius 1 is 1.03 bits per heavy atom. The van der Waals surface area contributed by atoms with E-state index in [9.17, 15) is 19.5 Å². The van der Waals surface area contributed by atoms with E-state index in [4.69, 9.17) is 9.47 Å². The van der Waals surface area contributed by atoms with Gasteiger partial charge in [0.1, 0.15) is 6.61 Å². The number of carboxylic acid groups (broad SMARTS) is 1. The van der Waals surface area contributed by atoms with Crippen LogP contribution in [0.15, 0.2) is 48.5 Å². The maximum absolute atomic E-state index is 13.2. The lowest BCUT2D eigenvalue weighted by Gasteiger charge is -2.35. The molecule has 0 radical (unpaired) electrons. The number of aliphatic carboxylic acids is 1. The Labute approximate surface area is 204 Å². The minimum Gasteiger partial charge on any atom is -0.480 e. The summed E-state index contributed by atoms with van der Waals surface area (Å²) in [4.78, 5) is 38.7. The molecule has 35 heavy (non-hydrogen) atoms. The highest BCUT2D eigenvalue weighted by Crippen LogP contribution is 2.44. The second-order valence-electron chi connectivity index (χ2n) is 9.46. The van der Waals surface area contributed by atoms with Gasteiger partial charge in [-0.25, -0.2) is 9.59 Å². The number of hydrogen-bond donors (Lipinski definition) is 2. The number of ether oxygens (including phenoxy) is 2. The third kappa shape index (κ3) is 4.62. The van der Waals surface area contributed by atoms with Crippen LogP contribution in [0, 0.1) is 11.8 Å². The van der Waals surface area contributed by atoms with Gasteiger partial charge < -0.3 is 24.8 Å². The highest BCUT2D eigenvalue weighted by molar-refractivity contribution is 5.86. The topological polar surface area (TPSA) is 105 Å². The standard InChI is InChI=1S/C27H30N2O6/c30-25(29-12-13-34-16-24(29)26(31)32)18-11-5-6-17(18)14-28-27(33)35-15-23-21-9-3-1-7-19(21)20-8-2-4-10-22(20)23/h1-4,7-10,17-18,23-24H,5-6,11-16H2,(H,28,33)(H,31,32)/t17-,18-,24?/m0/s1. The van der Waals surface area contributed by atoms with E-state index in [0.29, 0.717) is 19.6 Å². The van der Waals surface area contributed by atoms with Gasteiger partial charge in [-0.1, -0.05) is 55.0 Å². The van der Waals surface area contributed by atoms with Crippen molar-refractivity contribution in [1.29, 1.82) is 0 Å². The van der Waals surface area contributed by atoms with Crippen LogP contribution in [0.3, 0.4) is 0 Å². The number of benzene rings is 2. The molecule has 2 N–H and O–H groups in total. The molecule has 1 unspecified atom stereocenters. The molecule has 5 rings (SSSR count). The van der Waals surface area contributed by atoms with Crippen LogP contribution in [0.1, 0.15) is 36.3 Å². The predicted molar refractivity (Wildman–Crippen MR) is 128 cm³/mol. The Morgan fingerprint density at radius 3 is 2.40 bits per heavy atom. The Kier molecular flexibility index (Phi) is 6.72. The van der Waals surface area contributed by atoms with Crippen molar-refractivity contribution in [2.24, 2.45) is 11.8 Å². The molecule has 1 aliphatic heterocycles. The third-order valence-corrected chi connectivity index (χ3v) is 7.53. The minimum absolute atomic E-state index is 0.0104. The molecule has 0 spiro atoms. The Bertz CT molecular complexity index is 1070. The lowest BCUT2D eigenvalue weighted by molar-refractivity contribution is -0.160. The number of amides is 2. The van der Waals surface area contributed by atoms with Gasteiger partial charge in [0, 0.05) is 24.9 Å². The highest BCUT2D eigenvalue weighted by atomic mass is 16.5. The van der Waals surface area contributed by atoms with E-state index in [2.05, 4.69) is 29.6 Å². The van der Waals surface area contributed by atoms with Gasteiger partial charge in [0.2, 0.25) is 5.91 Å². The summed E-state index contributed by atoms with van der Waals surface area (Å²) in [5.74, 6) is -1.56. The van der Waals surface area contributed by atoms with Gasteiger partial charge in [-0.05, 0) is 41.0 Å². The fraction of sp³-hybridized carbons (Fsp3) is 0.444. The summed E-state index contributed by atoms with van der Waals surface area (Å²) in [5, 5.41) is 12.3. The average molecular weight is 479 g/mol. The molecule has 2 fully saturated rings. The Hall–Kier alpha value is -3.39. The largest absolute Gasteiger partial charge is 0.480 e. The summed E-state index contributed by atoms with van der Waals surface area (Å²) < 4.78 is 10.9. The SMILES string of the molecule is O=C(NC[C@@H]1CCC[C@@H]1C(=O)N1CCOCC1C(=O)O)OCC1c2ccccc2-c2ccccc21. The van der Waals surface area contributed by atoms with Gasteiger partial charge >= 0.3 is 12.1 Å². The molecule has 1 saturated carbocycles. The first-order valence-corrected chi connectivity index (χ1v) is 12.2.